The van der Waals surface area contributed by atoms with Gasteiger partial charge in [0.15, 0.2) is 0 Å². The van der Waals surface area contributed by atoms with E-state index in [9.17, 15) is 22.8 Å². The van der Waals surface area contributed by atoms with E-state index in [0.717, 1.165) is 29.1 Å². The van der Waals surface area contributed by atoms with E-state index in [1.54, 1.807) is 41.2 Å². The van der Waals surface area contributed by atoms with Crippen molar-refractivity contribution in [3.63, 3.8) is 0 Å². The Hall–Kier alpha value is -3.92. The third kappa shape index (κ3) is 7.01. The molecule has 2 aliphatic heterocycles. The van der Waals surface area contributed by atoms with Crippen molar-refractivity contribution < 1.29 is 32.2 Å². The van der Waals surface area contributed by atoms with Gasteiger partial charge >= 0.3 is 6.18 Å². The van der Waals surface area contributed by atoms with Gasteiger partial charge in [0.25, 0.3) is 5.91 Å². The fourth-order valence-electron chi connectivity index (χ4n) is 5.69. The Bertz CT molecular complexity index is 1430. The Balaban J connectivity index is 1.37. The molecule has 11 heteroatoms. The standard InChI is InChI=1S/C32H33ClF3N3O4/c1-42-28-6-3-2-5-27(28)37-17-19-38(20-18-37)30(41)31(43-26-13-9-24(10-14-26)32(34,35)36)15-4-16-39(22-31)29(40)21-23-7-11-25(33)12-8-23/h2-3,5-14H,4,15-22H2,1H3. The fourth-order valence-corrected chi connectivity index (χ4v) is 5.82. The zero-order valence-electron chi connectivity index (χ0n) is 23.8. The van der Waals surface area contributed by atoms with Gasteiger partial charge in [0, 0.05) is 37.7 Å². The van der Waals surface area contributed by atoms with Crippen LogP contribution in [0, 0.1) is 0 Å². The van der Waals surface area contributed by atoms with E-state index in [2.05, 4.69) is 4.90 Å². The van der Waals surface area contributed by atoms with Crippen LogP contribution in [0.3, 0.4) is 0 Å². The Morgan fingerprint density at radius 3 is 2.21 bits per heavy atom. The highest BCUT2D eigenvalue weighted by atomic mass is 35.5. The predicted molar refractivity (Wildman–Crippen MR) is 158 cm³/mol. The Morgan fingerprint density at radius 1 is 0.884 bits per heavy atom. The van der Waals surface area contributed by atoms with Crippen LogP contribution < -0.4 is 14.4 Å². The number of piperazine rings is 1. The average molecular weight is 616 g/mol. The molecule has 1 unspecified atom stereocenters. The number of hydrogen-bond donors (Lipinski definition) is 0. The number of methoxy groups -OCH3 is 1. The van der Waals surface area contributed by atoms with Crippen LogP contribution in [0.4, 0.5) is 18.9 Å². The van der Waals surface area contributed by atoms with Crippen molar-refractivity contribution >= 4 is 29.1 Å². The number of nitrogens with zero attached hydrogens (tertiary/aromatic N) is 3. The van der Waals surface area contributed by atoms with Gasteiger partial charge in [-0.15, -0.1) is 0 Å². The van der Waals surface area contributed by atoms with Crippen LogP contribution in [-0.2, 0) is 22.2 Å². The van der Waals surface area contributed by atoms with Gasteiger partial charge in [0.2, 0.25) is 11.5 Å². The number of piperidine rings is 1. The summed E-state index contributed by atoms with van der Waals surface area (Å²) >= 11 is 5.99. The van der Waals surface area contributed by atoms with Crippen LogP contribution in [-0.4, -0.2) is 73.6 Å². The third-order valence-corrected chi connectivity index (χ3v) is 8.21. The van der Waals surface area contributed by atoms with Crippen LogP contribution in [0.1, 0.15) is 24.0 Å². The summed E-state index contributed by atoms with van der Waals surface area (Å²) < 4.78 is 51.4. The van der Waals surface area contributed by atoms with Crippen molar-refractivity contribution in [3.8, 4) is 11.5 Å². The molecule has 7 nitrogen and oxygen atoms in total. The second kappa shape index (κ2) is 12.8. The van der Waals surface area contributed by atoms with Gasteiger partial charge in [-0.3, -0.25) is 9.59 Å². The van der Waals surface area contributed by atoms with Crippen molar-refractivity contribution in [3.05, 3.63) is 88.9 Å². The molecule has 2 heterocycles. The fraction of sp³-hybridized carbons (Fsp3) is 0.375. The SMILES string of the molecule is COc1ccccc1N1CCN(C(=O)C2(Oc3ccc(C(F)(F)F)cc3)CCCN(C(=O)Cc3ccc(Cl)cc3)C2)CC1. The number of likely N-dealkylation sites (tertiary alicyclic amines) is 1. The first-order valence-electron chi connectivity index (χ1n) is 14.1. The number of para-hydroxylation sites is 2. The molecule has 0 saturated carbocycles. The Kier molecular flexibility index (Phi) is 9.05. The zero-order chi connectivity index (χ0) is 30.6. The van der Waals surface area contributed by atoms with Crippen molar-refractivity contribution in [2.75, 3.05) is 51.3 Å². The summed E-state index contributed by atoms with van der Waals surface area (Å²) in [6.45, 7) is 2.37. The van der Waals surface area contributed by atoms with Gasteiger partial charge in [0.1, 0.15) is 11.5 Å². The molecule has 228 valence electrons. The maximum Gasteiger partial charge on any atom is 0.416 e. The second-order valence-electron chi connectivity index (χ2n) is 10.8. The van der Waals surface area contributed by atoms with Gasteiger partial charge < -0.3 is 24.2 Å². The molecule has 1 atom stereocenters. The number of carbonyl (C=O) groups excluding carboxylic acids is 2. The largest absolute Gasteiger partial charge is 0.495 e. The normalized spacial score (nSPS) is 19.2. The predicted octanol–water partition coefficient (Wildman–Crippen LogP) is 5.70. The number of carbonyl (C=O) groups is 2. The molecule has 43 heavy (non-hydrogen) atoms. The van der Waals surface area contributed by atoms with Gasteiger partial charge in [-0.05, 0) is 66.9 Å². The lowest BCUT2D eigenvalue weighted by Crippen LogP contribution is -2.64. The van der Waals surface area contributed by atoms with Crippen LogP contribution in [0.5, 0.6) is 11.5 Å². The lowest BCUT2D eigenvalue weighted by molar-refractivity contribution is -0.157. The number of alkyl halides is 3. The van der Waals surface area contributed by atoms with Crippen molar-refractivity contribution in [1.29, 1.82) is 0 Å². The van der Waals surface area contributed by atoms with E-state index < -0.39 is 17.3 Å². The molecule has 0 bridgehead atoms. The monoisotopic (exact) mass is 615 g/mol. The van der Waals surface area contributed by atoms with Crippen molar-refractivity contribution in [1.82, 2.24) is 9.80 Å². The first kappa shape index (κ1) is 30.5. The van der Waals surface area contributed by atoms with E-state index in [4.69, 9.17) is 21.1 Å². The molecule has 2 aliphatic rings. The van der Waals surface area contributed by atoms with Crippen LogP contribution in [0.2, 0.25) is 5.02 Å². The van der Waals surface area contributed by atoms with Crippen molar-refractivity contribution in [2.45, 2.75) is 31.0 Å². The van der Waals surface area contributed by atoms with E-state index in [1.807, 2.05) is 24.3 Å². The molecule has 0 aliphatic carbocycles. The minimum Gasteiger partial charge on any atom is -0.495 e. The average Bonchev–Trinajstić information content (AvgIpc) is 3.02. The quantitative estimate of drug-likeness (QED) is 0.341. The lowest BCUT2D eigenvalue weighted by Gasteiger charge is -2.45. The number of anilines is 1. The summed E-state index contributed by atoms with van der Waals surface area (Å²) in [5, 5.41) is 0.564. The molecule has 2 saturated heterocycles. The lowest BCUT2D eigenvalue weighted by atomic mass is 9.89. The first-order valence-corrected chi connectivity index (χ1v) is 14.5. The molecular formula is C32H33ClF3N3O4. The van der Waals surface area contributed by atoms with Gasteiger partial charge in [-0.25, -0.2) is 0 Å². The van der Waals surface area contributed by atoms with Gasteiger partial charge in [-0.2, -0.15) is 13.2 Å². The Morgan fingerprint density at radius 2 is 1.56 bits per heavy atom. The van der Waals surface area contributed by atoms with E-state index >= 15 is 0 Å². The van der Waals surface area contributed by atoms with Crippen LogP contribution in [0.15, 0.2) is 72.8 Å². The summed E-state index contributed by atoms with van der Waals surface area (Å²) in [6, 6.07) is 19.0. The smallest absolute Gasteiger partial charge is 0.416 e. The summed E-state index contributed by atoms with van der Waals surface area (Å²) in [5.41, 5.74) is -0.533. The van der Waals surface area contributed by atoms with Crippen LogP contribution in [0.25, 0.3) is 0 Å². The maximum absolute atomic E-state index is 14.3. The molecule has 0 radical (unpaired) electrons. The zero-order valence-corrected chi connectivity index (χ0v) is 24.5. The number of amides is 2. The van der Waals surface area contributed by atoms with E-state index in [-0.39, 0.29) is 30.5 Å². The summed E-state index contributed by atoms with van der Waals surface area (Å²) in [7, 11) is 1.62. The van der Waals surface area contributed by atoms with E-state index in [0.29, 0.717) is 50.6 Å². The van der Waals surface area contributed by atoms with Crippen LogP contribution >= 0.6 is 11.6 Å². The number of benzene rings is 3. The second-order valence-corrected chi connectivity index (χ2v) is 11.2. The van der Waals surface area contributed by atoms with Crippen molar-refractivity contribution in [2.24, 2.45) is 0 Å². The highest BCUT2D eigenvalue weighted by Crippen LogP contribution is 2.35. The van der Waals surface area contributed by atoms with E-state index in [1.165, 1.54) is 12.1 Å². The highest BCUT2D eigenvalue weighted by Gasteiger charge is 2.48. The van der Waals surface area contributed by atoms with Gasteiger partial charge in [0.05, 0.1) is 31.3 Å². The Labute approximate surface area is 253 Å². The third-order valence-electron chi connectivity index (χ3n) is 7.95. The highest BCUT2D eigenvalue weighted by molar-refractivity contribution is 6.30. The number of rotatable bonds is 7. The molecular weight excluding hydrogens is 583 g/mol. The maximum atomic E-state index is 14.3. The first-order chi connectivity index (χ1) is 20.6. The summed E-state index contributed by atoms with van der Waals surface area (Å²) in [4.78, 5) is 33.1. The minimum absolute atomic E-state index is 0.00794. The molecule has 0 aromatic heterocycles. The molecule has 5 rings (SSSR count). The summed E-state index contributed by atoms with van der Waals surface area (Å²) in [5.74, 6) is 0.430. The minimum atomic E-state index is -4.50. The topological polar surface area (TPSA) is 62.3 Å². The number of hydrogen-bond acceptors (Lipinski definition) is 5. The number of ether oxygens (including phenoxy) is 2. The molecule has 3 aromatic rings. The molecule has 3 aromatic carbocycles. The molecule has 0 spiro atoms. The number of halogens is 4. The molecule has 2 amide bonds. The molecule has 0 N–H and O–H groups in total. The molecule has 2 fully saturated rings. The summed E-state index contributed by atoms with van der Waals surface area (Å²) in [6.07, 6.45) is -3.55. The van der Waals surface area contributed by atoms with Gasteiger partial charge in [-0.1, -0.05) is 35.9 Å².